The van der Waals surface area contributed by atoms with Crippen molar-refractivity contribution in [3.8, 4) is 0 Å². The maximum absolute atomic E-state index is 12.4. The number of carbonyl (C=O) groups is 1. The molecule has 0 radical (unpaired) electrons. The number of urea groups is 1. The minimum atomic E-state index is -0.123. The Kier molecular flexibility index (Phi) is 4.39. The van der Waals surface area contributed by atoms with Gasteiger partial charge in [-0.1, -0.05) is 0 Å². The molecule has 2 amide bonds. The van der Waals surface area contributed by atoms with Crippen LogP contribution in [0.15, 0.2) is 6.07 Å². The third-order valence-electron chi connectivity index (χ3n) is 4.37. The van der Waals surface area contributed by atoms with Crippen molar-refractivity contribution in [1.82, 2.24) is 19.7 Å². The minimum Gasteiger partial charge on any atom is -0.327 e. The lowest BCUT2D eigenvalue weighted by molar-refractivity contribution is 0.217. The summed E-state index contributed by atoms with van der Waals surface area (Å²) in [7, 11) is 3.70. The summed E-state index contributed by atoms with van der Waals surface area (Å²) in [4.78, 5) is 20.2. The summed E-state index contributed by atoms with van der Waals surface area (Å²) >= 11 is 1.79. The molecule has 0 spiro atoms. The largest absolute Gasteiger partial charge is 0.327 e. The van der Waals surface area contributed by atoms with Crippen molar-refractivity contribution in [2.45, 2.75) is 39.0 Å². The van der Waals surface area contributed by atoms with E-state index in [4.69, 9.17) is 0 Å². The number of hydrogen-bond acceptors (Lipinski definition) is 4. The SMILES string of the molecule is Cc1nc2c(s1)CCC[C@H]2CN(C)C(=O)Nc1cc(C)n(C)n1. The standard InChI is InChI=1S/C16H23N5OS/c1-10-8-14(19-21(10)4)18-16(22)20(3)9-12-6-5-7-13-15(12)17-11(2)23-13/h8,12H,5-7,9H2,1-4H3,(H,18,19,22)/t12-/m0/s1. The van der Waals surface area contributed by atoms with Gasteiger partial charge in [-0.15, -0.1) is 11.3 Å². The Labute approximate surface area is 140 Å². The number of fused-ring (bicyclic) bond motifs is 1. The molecule has 3 rings (SSSR count). The number of rotatable bonds is 3. The summed E-state index contributed by atoms with van der Waals surface area (Å²) in [6, 6.07) is 1.75. The van der Waals surface area contributed by atoms with Gasteiger partial charge in [0, 0.05) is 43.2 Å². The highest BCUT2D eigenvalue weighted by molar-refractivity contribution is 7.11. The number of aromatic nitrogens is 3. The zero-order chi connectivity index (χ0) is 16.6. The number of amides is 2. The van der Waals surface area contributed by atoms with Crippen molar-refractivity contribution in [3.05, 3.63) is 27.3 Å². The van der Waals surface area contributed by atoms with Crippen LogP contribution in [0, 0.1) is 13.8 Å². The predicted octanol–water partition coefficient (Wildman–Crippen LogP) is 3.08. The quantitative estimate of drug-likeness (QED) is 0.939. The number of carbonyl (C=O) groups excluding carboxylic acids is 1. The van der Waals surface area contributed by atoms with Gasteiger partial charge in [-0.2, -0.15) is 5.10 Å². The van der Waals surface area contributed by atoms with E-state index in [2.05, 4.69) is 22.3 Å². The van der Waals surface area contributed by atoms with E-state index in [0.29, 0.717) is 18.3 Å². The molecule has 2 aromatic heterocycles. The fourth-order valence-electron chi connectivity index (χ4n) is 3.05. The van der Waals surface area contributed by atoms with Crippen LogP contribution in [0.1, 0.15) is 40.0 Å². The Morgan fingerprint density at radius 3 is 3.00 bits per heavy atom. The first-order chi connectivity index (χ1) is 10.9. The summed E-state index contributed by atoms with van der Waals surface area (Å²) in [5.74, 6) is 0.931. The van der Waals surface area contributed by atoms with Crippen molar-refractivity contribution in [1.29, 1.82) is 0 Å². The van der Waals surface area contributed by atoms with E-state index in [9.17, 15) is 4.79 Å². The molecule has 0 saturated carbocycles. The molecule has 124 valence electrons. The van der Waals surface area contributed by atoms with Gasteiger partial charge in [0.05, 0.1) is 10.7 Å². The summed E-state index contributed by atoms with van der Waals surface area (Å²) in [6.07, 6.45) is 3.39. The molecule has 23 heavy (non-hydrogen) atoms. The molecule has 7 heteroatoms. The first kappa shape index (κ1) is 16.0. The van der Waals surface area contributed by atoms with E-state index in [1.807, 2.05) is 27.1 Å². The number of hydrogen-bond donors (Lipinski definition) is 1. The van der Waals surface area contributed by atoms with Crippen LogP contribution in [0.5, 0.6) is 0 Å². The van der Waals surface area contributed by atoms with Crippen LogP contribution < -0.4 is 5.32 Å². The van der Waals surface area contributed by atoms with E-state index in [0.717, 1.165) is 23.5 Å². The molecule has 0 aromatic carbocycles. The molecule has 1 atom stereocenters. The highest BCUT2D eigenvalue weighted by Crippen LogP contribution is 2.34. The first-order valence-corrected chi connectivity index (χ1v) is 8.74. The summed E-state index contributed by atoms with van der Waals surface area (Å²) in [6.45, 7) is 4.70. The van der Waals surface area contributed by atoms with Gasteiger partial charge in [0.2, 0.25) is 0 Å². The maximum Gasteiger partial charge on any atom is 0.322 e. The number of thiazole rings is 1. The van der Waals surface area contributed by atoms with Crippen LogP contribution in [-0.2, 0) is 13.5 Å². The molecular formula is C16H23N5OS. The van der Waals surface area contributed by atoms with Crippen molar-refractivity contribution in [2.75, 3.05) is 18.9 Å². The van der Waals surface area contributed by atoms with E-state index in [1.54, 1.807) is 20.9 Å². The smallest absolute Gasteiger partial charge is 0.322 e. The van der Waals surface area contributed by atoms with Crippen molar-refractivity contribution in [2.24, 2.45) is 7.05 Å². The molecule has 0 aliphatic heterocycles. The molecule has 1 aliphatic carbocycles. The second kappa shape index (κ2) is 6.31. The van der Waals surface area contributed by atoms with Crippen LogP contribution in [0.4, 0.5) is 10.6 Å². The van der Waals surface area contributed by atoms with Crippen LogP contribution >= 0.6 is 11.3 Å². The Bertz CT molecular complexity index is 701. The van der Waals surface area contributed by atoms with Gasteiger partial charge in [-0.25, -0.2) is 9.78 Å². The zero-order valence-corrected chi connectivity index (χ0v) is 14.9. The number of likely N-dealkylation sites (N-methyl/N-ethyl adjacent to an activating group) is 1. The molecular weight excluding hydrogens is 310 g/mol. The third-order valence-corrected chi connectivity index (χ3v) is 5.41. The maximum atomic E-state index is 12.4. The van der Waals surface area contributed by atoms with Crippen LogP contribution in [-0.4, -0.2) is 39.3 Å². The van der Waals surface area contributed by atoms with Gasteiger partial charge >= 0.3 is 6.03 Å². The van der Waals surface area contributed by atoms with Crippen LogP contribution in [0.2, 0.25) is 0 Å². The molecule has 6 nitrogen and oxygen atoms in total. The van der Waals surface area contributed by atoms with Gasteiger partial charge in [-0.05, 0) is 33.1 Å². The van der Waals surface area contributed by atoms with Crippen LogP contribution in [0.3, 0.4) is 0 Å². The molecule has 1 N–H and O–H groups in total. The van der Waals surface area contributed by atoms with Crippen molar-refractivity contribution >= 4 is 23.2 Å². The fourth-order valence-corrected chi connectivity index (χ4v) is 4.11. The fraction of sp³-hybridized carbons (Fsp3) is 0.562. The van der Waals surface area contributed by atoms with Crippen LogP contribution in [0.25, 0.3) is 0 Å². The third kappa shape index (κ3) is 3.39. The normalized spacial score (nSPS) is 17.0. The Balaban J connectivity index is 1.65. The van der Waals surface area contributed by atoms with Gasteiger partial charge in [0.1, 0.15) is 0 Å². The van der Waals surface area contributed by atoms with Gasteiger partial charge in [0.15, 0.2) is 5.82 Å². The number of nitrogens with one attached hydrogen (secondary N) is 1. The van der Waals surface area contributed by atoms with E-state index < -0.39 is 0 Å². The average Bonchev–Trinajstić information content (AvgIpc) is 3.01. The van der Waals surface area contributed by atoms with E-state index in [-0.39, 0.29) is 6.03 Å². The average molecular weight is 333 g/mol. The Morgan fingerprint density at radius 2 is 2.30 bits per heavy atom. The molecule has 2 heterocycles. The lowest BCUT2D eigenvalue weighted by Crippen LogP contribution is -2.35. The monoisotopic (exact) mass is 333 g/mol. The molecule has 1 aliphatic rings. The van der Waals surface area contributed by atoms with Gasteiger partial charge < -0.3 is 4.90 Å². The lowest BCUT2D eigenvalue weighted by atomic mass is 9.91. The number of nitrogens with zero attached hydrogens (tertiary/aromatic N) is 4. The Morgan fingerprint density at radius 1 is 1.52 bits per heavy atom. The molecule has 0 fully saturated rings. The van der Waals surface area contributed by atoms with Crippen molar-refractivity contribution < 1.29 is 4.79 Å². The highest BCUT2D eigenvalue weighted by Gasteiger charge is 2.26. The second-order valence-corrected chi connectivity index (χ2v) is 7.52. The van der Waals surface area contributed by atoms with Gasteiger partial charge in [0.25, 0.3) is 0 Å². The number of anilines is 1. The molecule has 0 saturated heterocycles. The van der Waals surface area contributed by atoms with E-state index >= 15 is 0 Å². The Hall–Kier alpha value is -1.89. The van der Waals surface area contributed by atoms with E-state index in [1.165, 1.54) is 17.0 Å². The topological polar surface area (TPSA) is 63.1 Å². The lowest BCUT2D eigenvalue weighted by Gasteiger charge is -2.26. The molecule has 0 unspecified atom stereocenters. The molecule has 0 bridgehead atoms. The predicted molar refractivity (Wildman–Crippen MR) is 92.1 cm³/mol. The second-order valence-electron chi connectivity index (χ2n) is 6.24. The number of aryl methyl sites for hydroxylation is 4. The van der Waals surface area contributed by atoms with Crippen molar-refractivity contribution in [3.63, 3.8) is 0 Å². The summed E-state index contributed by atoms with van der Waals surface area (Å²) < 4.78 is 1.75. The highest BCUT2D eigenvalue weighted by atomic mass is 32.1. The minimum absolute atomic E-state index is 0.123. The zero-order valence-electron chi connectivity index (χ0n) is 14.1. The van der Waals surface area contributed by atoms with Gasteiger partial charge in [-0.3, -0.25) is 10.00 Å². The first-order valence-electron chi connectivity index (χ1n) is 7.93. The molecule has 2 aromatic rings. The summed E-state index contributed by atoms with van der Waals surface area (Å²) in [5, 5.41) is 8.25. The summed E-state index contributed by atoms with van der Waals surface area (Å²) in [5.41, 5.74) is 2.21.